The number of methoxy groups -OCH3 is 1. The first-order valence-corrected chi connectivity index (χ1v) is 10.2. The molecule has 5 nitrogen and oxygen atoms in total. The Balaban J connectivity index is 1.57. The van der Waals surface area contributed by atoms with Gasteiger partial charge in [-0.3, -0.25) is 4.90 Å². The van der Waals surface area contributed by atoms with Crippen molar-refractivity contribution >= 4 is 0 Å². The summed E-state index contributed by atoms with van der Waals surface area (Å²) in [6, 6.07) is 4.86. The zero-order valence-electron chi connectivity index (χ0n) is 15.9. The van der Waals surface area contributed by atoms with E-state index in [9.17, 15) is 0 Å². The van der Waals surface area contributed by atoms with E-state index in [1.165, 1.54) is 11.1 Å². The van der Waals surface area contributed by atoms with Gasteiger partial charge in [0.2, 0.25) is 5.79 Å². The van der Waals surface area contributed by atoms with Crippen molar-refractivity contribution in [1.82, 2.24) is 4.90 Å². The Bertz CT molecular complexity index is 802. The Hall–Kier alpha value is -1.56. The largest absolute Gasteiger partial charge is 0.493 e. The number of rotatable bonds is 3. The van der Waals surface area contributed by atoms with Gasteiger partial charge in [0.25, 0.3) is 0 Å². The molecule has 4 atom stereocenters. The normalized spacial score (nSPS) is 37.7. The van der Waals surface area contributed by atoms with Crippen LogP contribution in [0.1, 0.15) is 30.4 Å². The molecule has 0 radical (unpaired) electrons. The van der Waals surface area contributed by atoms with Crippen LogP contribution >= 0.6 is 0 Å². The summed E-state index contributed by atoms with van der Waals surface area (Å²) >= 11 is 0. The van der Waals surface area contributed by atoms with Crippen LogP contribution in [0.5, 0.6) is 11.5 Å². The second kappa shape index (κ2) is 5.49. The van der Waals surface area contributed by atoms with Crippen LogP contribution in [0, 0.1) is 5.92 Å². The summed E-state index contributed by atoms with van der Waals surface area (Å²) in [6.45, 7) is 7.34. The molecule has 27 heavy (non-hydrogen) atoms. The van der Waals surface area contributed by atoms with Crippen molar-refractivity contribution in [1.29, 1.82) is 0 Å². The summed E-state index contributed by atoms with van der Waals surface area (Å²) in [5.74, 6) is 1.76. The average Bonchev–Trinajstić information content (AvgIpc) is 3.28. The fourth-order valence-electron chi connectivity index (χ4n) is 6.91. The van der Waals surface area contributed by atoms with Crippen molar-refractivity contribution in [2.24, 2.45) is 5.92 Å². The second-order valence-electron chi connectivity index (χ2n) is 8.63. The van der Waals surface area contributed by atoms with Gasteiger partial charge in [0.05, 0.1) is 20.3 Å². The predicted molar refractivity (Wildman–Crippen MR) is 100 cm³/mol. The van der Waals surface area contributed by atoms with Crippen molar-refractivity contribution in [3.63, 3.8) is 0 Å². The molecule has 0 amide bonds. The molecule has 3 aliphatic heterocycles. The van der Waals surface area contributed by atoms with Gasteiger partial charge >= 0.3 is 0 Å². The second-order valence-corrected chi connectivity index (χ2v) is 8.63. The van der Waals surface area contributed by atoms with Crippen LogP contribution in [-0.4, -0.2) is 56.2 Å². The van der Waals surface area contributed by atoms with Gasteiger partial charge in [0, 0.05) is 30.0 Å². The van der Waals surface area contributed by atoms with Gasteiger partial charge in [-0.1, -0.05) is 12.1 Å². The van der Waals surface area contributed by atoms with Gasteiger partial charge < -0.3 is 18.9 Å². The highest BCUT2D eigenvalue weighted by Gasteiger charge is 2.71. The molecule has 2 spiro atoms. The van der Waals surface area contributed by atoms with Crippen LogP contribution < -0.4 is 9.47 Å². The molecule has 5 aliphatic rings. The van der Waals surface area contributed by atoms with Crippen molar-refractivity contribution < 1.29 is 18.9 Å². The Labute approximate surface area is 160 Å². The molecule has 2 bridgehead atoms. The Morgan fingerprint density at radius 2 is 2.15 bits per heavy atom. The fraction of sp³-hybridized carbons (Fsp3) is 0.636. The first-order valence-electron chi connectivity index (χ1n) is 10.2. The standard InChI is InChI=1S/C22H27NO4/c1-3-9-23-10-8-21-15-6-7-22(25-11-12-26-22)20(21)27-19-17(24-2)5-4-14(18(19)21)13-16(15)23/h3-5,15-16,20H,1,6-13H2,2H3/t15-,16+,20+,21-/m1/s1. The van der Waals surface area contributed by atoms with Crippen LogP contribution in [0.4, 0.5) is 0 Å². The predicted octanol–water partition coefficient (Wildman–Crippen LogP) is 2.66. The number of nitrogens with zero attached hydrogens (tertiary/aromatic N) is 1. The van der Waals surface area contributed by atoms with E-state index < -0.39 is 5.79 Å². The molecule has 1 saturated carbocycles. The van der Waals surface area contributed by atoms with Crippen LogP contribution in [-0.2, 0) is 21.3 Å². The summed E-state index contributed by atoms with van der Waals surface area (Å²) in [5, 5.41) is 0. The summed E-state index contributed by atoms with van der Waals surface area (Å²) in [5.41, 5.74) is 2.78. The number of fused-ring (bicyclic) bond motifs is 1. The maximum absolute atomic E-state index is 6.72. The maximum Gasteiger partial charge on any atom is 0.206 e. The molecule has 144 valence electrons. The topological polar surface area (TPSA) is 40.2 Å². The van der Waals surface area contributed by atoms with Crippen molar-refractivity contribution in [3.8, 4) is 11.5 Å². The van der Waals surface area contributed by atoms with E-state index in [1.807, 2.05) is 6.08 Å². The number of benzene rings is 1. The van der Waals surface area contributed by atoms with Crippen LogP contribution in [0.3, 0.4) is 0 Å². The molecule has 0 N–H and O–H groups in total. The number of hydrogen-bond donors (Lipinski definition) is 0. The Morgan fingerprint density at radius 3 is 2.93 bits per heavy atom. The van der Waals surface area contributed by atoms with E-state index in [0.29, 0.717) is 25.2 Å². The lowest BCUT2D eigenvalue weighted by Gasteiger charge is -2.60. The molecule has 3 fully saturated rings. The van der Waals surface area contributed by atoms with Crippen molar-refractivity contribution in [2.75, 3.05) is 33.4 Å². The first kappa shape index (κ1) is 16.4. The molecule has 0 aromatic heterocycles. The molecular weight excluding hydrogens is 342 g/mol. The number of piperidine rings is 1. The fourth-order valence-corrected chi connectivity index (χ4v) is 6.91. The lowest BCUT2D eigenvalue weighted by Crippen LogP contribution is -2.70. The summed E-state index contributed by atoms with van der Waals surface area (Å²) < 4.78 is 24.9. The Morgan fingerprint density at radius 1 is 1.30 bits per heavy atom. The third-order valence-corrected chi connectivity index (χ3v) is 7.78. The highest BCUT2D eigenvalue weighted by Crippen LogP contribution is 2.66. The van der Waals surface area contributed by atoms with E-state index in [0.717, 1.165) is 50.3 Å². The summed E-state index contributed by atoms with van der Waals surface area (Å²) in [4.78, 5) is 2.62. The molecule has 1 aromatic rings. The smallest absolute Gasteiger partial charge is 0.206 e. The lowest BCUT2D eigenvalue weighted by molar-refractivity contribution is -0.261. The van der Waals surface area contributed by atoms with Gasteiger partial charge in [-0.2, -0.15) is 0 Å². The summed E-state index contributed by atoms with van der Waals surface area (Å²) in [6.07, 6.45) is 6.15. The average molecular weight is 369 g/mol. The molecule has 0 unspecified atom stereocenters. The van der Waals surface area contributed by atoms with E-state index in [-0.39, 0.29) is 11.5 Å². The van der Waals surface area contributed by atoms with Crippen molar-refractivity contribution in [2.45, 2.75) is 49.0 Å². The minimum atomic E-state index is -0.597. The lowest BCUT2D eigenvalue weighted by atomic mass is 9.50. The molecule has 2 aliphatic carbocycles. The van der Waals surface area contributed by atoms with Crippen LogP contribution in [0.25, 0.3) is 0 Å². The first-order chi connectivity index (χ1) is 13.2. The highest BCUT2D eigenvalue weighted by molar-refractivity contribution is 5.61. The van der Waals surface area contributed by atoms with E-state index in [1.54, 1.807) is 7.11 Å². The maximum atomic E-state index is 6.72. The van der Waals surface area contributed by atoms with Crippen LogP contribution in [0.2, 0.25) is 0 Å². The third-order valence-electron chi connectivity index (χ3n) is 7.78. The van der Waals surface area contributed by atoms with E-state index in [2.05, 4.69) is 23.6 Å². The monoisotopic (exact) mass is 369 g/mol. The molecular formula is C22H27NO4. The third kappa shape index (κ3) is 1.86. The molecule has 3 heterocycles. The summed E-state index contributed by atoms with van der Waals surface area (Å²) in [7, 11) is 1.73. The van der Waals surface area contributed by atoms with Gasteiger partial charge in [-0.25, -0.2) is 0 Å². The zero-order chi connectivity index (χ0) is 18.2. The molecule has 6 rings (SSSR count). The number of hydrogen-bond acceptors (Lipinski definition) is 5. The highest BCUT2D eigenvalue weighted by atomic mass is 16.8. The van der Waals surface area contributed by atoms with Gasteiger partial charge in [0.1, 0.15) is 0 Å². The molecule has 1 aromatic carbocycles. The van der Waals surface area contributed by atoms with Crippen molar-refractivity contribution in [3.05, 3.63) is 35.9 Å². The zero-order valence-corrected chi connectivity index (χ0v) is 15.9. The van der Waals surface area contributed by atoms with Gasteiger partial charge in [-0.15, -0.1) is 6.58 Å². The quantitative estimate of drug-likeness (QED) is 0.766. The van der Waals surface area contributed by atoms with E-state index in [4.69, 9.17) is 18.9 Å². The molecule has 2 saturated heterocycles. The number of likely N-dealkylation sites (tertiary alicyclic amines) is 1. The number of ether oxygens (including phenoxy) is 4. The Kier molecular flexibility index (Phi) is 3.34. The minimum absolute atomic E-state index is 0.0254. The molecule has 5 heteroatoms. The van der Waals surface area contributed by atoms with E-state index >= 15 is 0 Å². The minimum Gasteiger partial charge on any atom is -0.493 e. The van der Waals surface area contributed by atoms with Gasteiger partial charge in [-0.05, 0) is 43.4 Å². The SMILES string of the molecule is C=CCN1CC[C@@]23c4c5ccc(OC)c4O[C@@H]2C2(CC[C@@H]3[C@@H]1C5)OCCO2. The van der Waals surface area contributed by atoms with Gasteiger partial charge in [0.15, 0.2) is 17.6 Å². The van der Waals surface area contributed by atoms with Crippen LogP contribution in [0.15, 0.2) is 24.8 Å².